The molecule has 4 heterocycles. The topological polar surface area (TPSA) is 111 Å². The van der Waals surface area contributed by atoms with E-state index in [1.54, 1.807) is 43.4 Å². The van der Waals surface area contributed by atoms with Crippen LogP contribution in [0.25, 0.3) is 11.0 Å². The van der Waals surface area contributed by atoms with Gasteiger partial charge in [0.1, 0.15) is 33.8 Å². The molecule has 13 heteroatoms. The van der Waals surface area contributed by atoms with Crippen molar-refractivity contribution in [2.24, 2.45) is 12.5 Å². The van der Waals surface area contributed by atoms with Gasteiger partial charge in [-0.05, 0) is 45.8 Å². The quantitative estimate of drug-likeness (QED) is 0.537. The zero-order valence-corrected chi connectivity index (χ0v) is 26.2. The average Bonchev–Trinajstić information content (AvgIpc) is 3.26. The van der Waals surface area contributed by atoms with Gasteiger partial charge in [0.2, 0.25) is 0 Å². The van der Waals surface area contributed by atoms with Crippen LogP contribution < -0.4 is 15.8 Å². The highest BCUT2D eigenvalue weighted by Crippen LogP contribution is 2.44. The molecule has 0 bridgehead atoms. The molecule has 2 atom stereocenters. The summed E-state index contributed by atoms with van der Waals surface area (Å²) in [5.74, 6) is -0.0645. The van der Waals surface area contributed by atoms with E-state index in [1.165, 1.54) is 17.0 Å². The van der Waals surface area contributed by atoms with Gasteiger partial charge in [0, 0.05) is 62.7 Å². The lowest BCUT2D eigenvalue weighted by atomic mass is 9.82. The van der Waals surface area contributed by atoms with Crippen molar-refractivity contribution in [3.8, 4) is 0 Å². The fraction of sp³-hybridized carbons (Fsp3) is 0.600. The molecular weight excluding hydrogens is 579 g/mol. The summed E-state index contributed by atoms with van der Waals surface area (Å²) in [6, 6.07) is -0.272. The van der Waals surface area contributed by atoms with E-state index < -0.39 is 17.1 Å². The van der Waals surface area contributed by atoms with Gasteiger partial charge in [0.25, 0.3) is 11.5 Å². The number of allylic oxidation sites excluding steroid dienone is 4. The van der Waals surface area contributed by atoms with Gasteiger partial charge in [0.05, 0.1) is 19.5 Å². The second kappa shape index (κ2) is 12.0. The Hall–Kier alpha value is -3.38. The fourth-order valence-electron chi connectivity index (χ4n) is 6.03. The molecule has 0 aromatic carbocycles. The van der Waals surface area contributed by atoms with Crippen molar-refractivity contribution in [1.29, 1.82) is 0 Å². The molecule has 234 valence electrons. The number of carbonyl (C=O) groups excluding carboxylic acids is 2. The van der Waals surface area contributed by atoms with Crippen molar-refractivity contribution < 1.29 is 23.5 Å². The number of piperidine rings is 1. The Labute approximate surface area is 255 Å². The largest absolute Gasteiger partial charge is 0.444 e. The molecular formula is C30H40ClFN6O5. The number of nitrogens with one attached hydrogen (secondary N) is 1. The van der Waals surface area contributed by atoms with E-state index in [1.807, 2.05) is 11.8 Å². The number of rotatable bonds is 5. The summed E-state index contributed by atoms with van der Waals surface area (Å²) in [6.45, 7) is 9.96. The lowest BCUT2D eigenvalue weighted by molar-refractivity contribution is 0.0304. The van der Waals surface area contributed by atoms with Crippen LogP contribution >= 0.6 is 11.6 Å². The Morgan fingerprint density at radius 3 is 2.65 bits per heavy atom. The Morgan fingerprint density at radius 1 is 1.23 bits per heavy atom. The van der Waals surface area contributed by atoms with E-state index in [4.69, 9.17) is 21.1 Å². The van der Waals surface area contributed by atoms with E-state index in [9.17, 15) is 18.8 Å². The molecule has 0 spiro atoms. The van der Waals surface area contributed by atoms with Crippen LogP contribution in [0.2, 0.25) is 0 Å². The number of aromatic nitrogens is 3. The number of fused-ring (bicyclic) bond motifs is 1. The van der Waals surface area contributed by atoms with Crippen LogP contribution in [0.5, 0.6) is 0 Å². The molecule has 1 unspecified atom stereocenters. The first-order valence-electron chi connectivity index (χ1n) is 14.7. The predicted octanol–water partition coefficient (Wildman–Crippen LogP) is 4.09. The Kier molecular flexibility index (Phi) is 8.63. The van der Waals surface area contributed by atoms with E-state index in [0.29, 0.717) is 68.6 Å². The van der Waals surface area contributed by atoms with Crippen molar-refractivity contribution in [1.82, 2.24) is 24.3 Å². The third-order valence-electron chi connectivity index (χ3n) is 8.10. The van der Waals surface area contributed by atoms with Gasteiger partial charge in [-0.3, -0.25) is 9.59 Å². The fourth-order valence-corrected chi connectivity index (χ4v) is 6.22. The highest BCUT2D eigenvalue weighted by atomic mass is 35.5. The number of ether oxygens (including phenoxy) is 2. The highest BCUT2D eigenvalue weighted by molar-refractivity contribution is 6.30. The summed E-state index contributed by atoms with van der Waals surface area (Å²) in [5, 5.41) is 3.42. The monoisotopic (exact) mass is 618 g/mol. The lowest BCUT2D eigenvalue weighted by Gasteiger charge is -2.38. The summed E-state index contributed by atoms with van der Waals surface area (Å²) in [4.78, 5) is 49.0. The van der Waals surface area contributed by atoms with Crippen molar-refractivity contribution >= 4 is 40.5 Å². The molecule has 2 aliphatic heterocycles. The maximum atomic E-state index is 14.7. The van der Waals surface area contributed by atoms with Crippen LogP contribution in [0.3, 0.4) is 0 Å². The van der Waals surface area contributed by atoms with Crippen LogP contribution in [0.15, 0.2) is 34.1 Å². The Balaban J connectivity index is 1.65. The molecule has 2 saturated heterocycles. The van der Waals surface area contributed by atoms with E-state index in [2.05, 4.69) is 10.3 Å². The summed E-state index contributed by atoms with van der Waals surface area (Å²) in [5.41, 5.74) is -1.02. The van der Waals surface area contributed by atoms with E-state index in [0.717, 1.165) is 0 Å². The average molecular weight is 619 g/mol. The molecule has 43 heavy (non-hydrogen) atoms. The zero-order valence-electron chi connectivity index (χ0n) is 25.4. The normalized spacial score (nSPS) is 23.2. The van der Waals surface area contributed by atoms with Gasteiger partial charge in [-0.15, -0.1) is 0 Å². The highest BCUT2D eigenvalue weighted by Gasteiger charge is 2.39. The zero-order chi connectivity index (χ0) is 31.1. The third-order valence-corrected chi connectivity index (χ3v) is 8.68. The number of hydrogen-bond donors (Lipinski definition) is 1. The second-order valence-electron chi connectivity index (χ2n) is 12.8. The molecule has 2 amide bonds. The lowest BCUT2D eigenvalue weighted by Crippen LogP contribution is -2.50. The van der Waals surface area contributed by atoms with Gasteiger partial charge < -0.3 is 33.7 Å². The minimum absolute atomic E-state index is 0.0393. The van der Waals surface area contributed by atoms with Gasteiger partial charge in [-0.1, -0.05) is 18.5 Å². The third kappa shape index (κ3) is 6.45. The molecule has 2 aromatic rings. The predicted molar refractivity (Wildman–Crippen MR) is 162 cm³/mol. The van der Waals surface area contributed by atoms with Gasteiger partial charge in [0.15, 0.2) is 0 Å². The van der Waals surface area contributed by atoms with Gasteiger partial charge in [-0.25, -0.2) is 14.2 Å². The van der Waals surface area contributed by atoms with Crippen LogP contribution in [-0.4, -0.2) is 82.1 Å². The van der Waals surface area contributed by atoms with Crippen molar-refractivity contribution in [2.45, 2.75) is 65.1 Å². The van der Waals surface area contributed by atoms with Crippen LogP contribution in [0.1, 0.15) is 57.3 Å². The summed E-state index contributed by atoms with van der Waals surface area (Å²) in [6.07, 6.45) is 5.26. The number of carbonyl (C=O) groups is 2. The molecule has 3 aliphatic rings. The maximum absolute atomic E-state index is 14.7. The summed E-state index contributed by atoms with van der Waals surface area (Å²) in [7, 11) is 1.61. The summed E-state index contributed by atoms with van der Waals surface area (Å²) >= 11 is 6.70. The first kappa shape index (κ1) is 31.1. The number of nitrogens with zero attached hydrogens (tertiary/aromatic N) is 5. The summed E-state index contributed by atoms with van der Waals surface area (Å²) < 4.78 is 28.8. The Bertz CT molecular complexity index is 1540. The van der Waals surface area contributed by atoms with Crippen molar-refractivity contribution in [3.05, 3.63) is 45.3 Å². The first-order chi connectivity index (χ1) is 20.3. The standard InChI is InChI=1S/C30H40ClFN6O5/c1-29(2,3)43-28(41)34-20-7-6-10-37(16-20)25-22(26(39)36-11-13-42-14-12-36)23-24(27(40)35(5)18-33-23)38(25)17-30(4)15-19(32)8-9-21(30)31/h8-9,18,20H,6-7,10-17H2,1-5H3,(H,34,41)/t20-,30?/m1/s1. The molecule has 0 saturated carbocycles. The van der Waals surface area contributed by atoms with Crippen molar-refractivity contribution in [3.63, 3.8) is 0 Å². The van der Waals surface area contributed by atoms with E-state index in [-0.39, 0.29) is 47.3 Å². The number of morpholine rings is 1. The van der Waals surface area contributed by atoms with Gasteiger partial charge >= 0.3 is 6.09 Å². The number of anilines is 1. The number of aryl methyl sites for hydroxylation is 1. The minimum atomic E-state index is -0.884. The number of halogens is 2. The number of amides is 2. The molecule has 0 radical (unpaired) electrons. The van der Waals surface area contributed by atoms with E-state index >= 15 is 0 Å². The molecule has 1 aliphatic carbocycles. The Morgan fingerprint density at radius 2 is 1.95 bits per heavy atom. The molecule has 5 rings (SSSR count). The maximum Gasteiger partial charge on any atom is 0.407 e. The number of hydrogen-bond acceptors (Lipinski definition) is 7. The van der Waals surface area contributed by atoms with Crippen LogP contribution in [0, 0.1) is 5.41 Å². The SMILES string of the molecule is Cn1cnc2c(C(=O)N3CCOCC3)c(N3CCC[C@@H](NC(=O)OC(C)(C)C)C3)n(CC3(C)CC(F)=CC=C3Cl)c2c1=O. The smallest absolute Gasteiger partial charge is 0.407 e. The molecule has 1 N–H and O–H groups in total. The van der Waals surface area contributed by atoms with Gasteiger partial charge in [-0.2, -0.15) is 0 Å². The molecule has 2 fully saturated rings. The first-order valence-corrected chi connectivity index (χ1v) is 15.1. The molecule has 2 aromatic heterocycles. The number of alkyl carbamates (subject to hydrolysis) is 1. The van der Waals surface area contributed by atoms with Crippen molar-refractivity contribution in [2.75, 3.05) is 44.3 Å². The van der Waals surface area contributed by atoms with Crippen LogP contribution in [0.4, 0.5) is 15.0 Å². The van der Waals surface area contributed by atoms with Crippen LogP contribution in [-0.2, 0) is 23.1 Å². The minimum Gasteiger partial charge on any atom is -0.444 e. The second-order valence-corrected chi connectivity index (χ2v) is 13.3. The molecule has 11 nitrogen and oxygen atoms in total.